The first kappa shape index (κ1) is 14.4. The minimum atomic E-state index is -0.168. The van der Waals surface area contributed by atoms with Crippen LogP contribution in [0.4, 0.5) is 10.6 Å². The molecule has 5 heteroatoms. The lowest BCUT2D eigenvalue weighted by Crippen LogP contribution is -2.31. The highest BCUT2D eigenvalue weighted by atomic mass is 32.2. The molecule has 0 saturated heterocycles. The molecular formula is C15H17N3OS. The number of carbonyl (C=O) groups excluding carboxylic acids is 1. The van der Waals surface area contributed by atoms with Gasteiger partial charge >= 0.3 is 6.03 Å². The second kappa shape index (κ2) is 6.96. The monoisotopic (exact) mass is 287 g/mol. The molecule has 4 nitrogen and oxygen atoms in total. The molecule has 1 N–H and O–H groups in total. The third-order valence-electron chi connectivity index (χ3n) is 2.82. The van der Waals surface area contributed by atoms with Crippen molar-refractivity contribution in [3.05, 3.63) is 54.2 Å². The summed E-state index contributed by atoms with van der Waals surface area (Å²) in [6.07, 6.45) is 3.74. The average Bonchev–Trinajstić information content (AvgIpc) is 2.49. The number of anilines is 1. The van der Waals surface area contributed by atoms with Crippen molar-refractivity contribution in [2.45, 2.75) is 11.4 Å². The highest BCUT2D eigenvalue weighted by Gasteiger charge is 2.09. The Hall–Kier alpha value is -2.01. The van der Waals surface area contributed by atoms with Crippen LogP contribution < -0.4 is 5.32 Å². The molecule has 1 aromatic carbocycles. The Kier molecular flexibility index (Phi) is 5.01. The van der Waals surface area contributed by atoms with E-state index in [1.165, 1.54) is 0 Å². The SMILES string of the molecule is CSc1ccc(NC(=O)N(C)Cc2ccccc2)nc1. The van der Waals surface area contributed by atoms with Crippen LogP contribution in [0.15, 0.2) is 53.6 Å². The molecule has 2 rings (SSSR count). The Morgan fingerprint density at radius 2 is 2.00 bits per heavy atom. The number of urea groups is 1. The molecule has 0 aliphatic rings. The Morgan fingerprint density at radius 1 is 1.25 bits per heavy atom. The summed E-state index contributed by atoms with van der Waals surface area (Å²) in [4.78, 5) is 18.9. The zero-order valence-corrected chi connectivity index (χ0v) is 12.4. The summed E-state index contributed by atoms with van der Waals surface area (Å²) in [5, 5.41) is 2.78. The van der Waals surface area contributed by atoms with Crippen molar-refractivity contribution in [2.24, 2.45) is 0 Å². The second-order valence-electron chi connectivity index (χ2n) is 4.36. The van der Waals surface area contributed by atoms with Gasteiger partial charge in [-0.3, -0.25) is 5.32 Å². The normalized spacial score (nSPS) is 10.1. The fourth-order valence-corrected chi connectivity index (χ4v) is 2.07. The number of benzene rings is 1. The first-order valence-electron chi connectivity index (χ1n) is 6.25. The Balaban J connectivity index is 1.93. The molecule has 0 spiro atoms. The fourth-order valence-electron chi connectivity index (χ4n) is 1.71. The number of aromatic nitrogens is 1. The number of hydrogen-bond donors (Lipinski definition) is 1. The first-order chi connectivity index (χ1) is 9.69. The molecular weight excluding hydrogens is 270 g/mol. The number of carbonyl (C=O) groups is 1. The standard InChI is InChI=1S/C15H17N3OS/c1-18(11-12-6-4-3-5-7-12)15(19)17-14-9-8-13(20-2)10-16-14/h3-10H,11H2,1-2H3,(H,16,17,19). The third kappa shape index (κ3) is 3.99. The lowest BCUT2D eigenvalue weighted by molar-refractivity contribution is 0.220. The zero-order chi connectivity index (χ0) is 14.4. The van der Waals surface area contributed by atoms with E-state index in [2.05, 4.69) is 10.3 Å². The van der Waals surface area contributed by atoms with Crippen LogP contribution in [0.2, 0.25) is 0 Å². The van der Waals surface area contributed by atoms with Gasteiger partial charge in [0, 0.05) is 24.7 Å². The number of amides is 2. The Bertz CT molecular complexity index is 557. The van der Waals surface area contributed by atoms with Gasteiger partial charge in [0.1, 0.15) is 5.82 Å². The van der Waals surface area contributed by atoms with Crippen molar-refractivity contribution in [2.75, 3.05) is 18.6 Å². The molecule has 1 aromatic heterocycles. The van der Waals surface area contributed by atoms with Gasteiger partial charge in [0.2, 0.25) is 0 Å². The molecule has 20 heavy (non-hydrogen) atoms. The molecule has 0 aliphatic heterocycles. The molecule has 104 valence electrons. The van der Waals surface area contributed by atoms with Gasteiger partial charge < -0.3 is 4.90 Å². The number of hydrogen-bond acceptors (Lipinski definition) is 3. The maximum Gasteiger partial charge on any atom is 0.323 e. The van der Waals surface area contributed by atoms with Gasteiger partial charge in [-0.15, -0.1) is 11.8 Å². The zero-order valence-electron chi connectivity index (χ0n) is 11.5. The van der Waals surface area contributed by atoms with Gasteiger partial charge in [0.25, 0.3) is 0 Å². The lowest BCUT2D eigenvalue weighted by atomic mass is 10.2. The molecule has 0 bridgehead atoms. The second-order valence-corrected chi connectivity index (χ2v) is 5.23. The first-order valence-corrected chi connectivity index (χ1v) is 7.47. The van der Waals surface area contributed by atoms with Crippen molar-refractivity contribution in [3.8, 4) is 0 Å². The molecule has 0 unspecified atom stereocenters. The highest BCUT2D eigenvalue weighted by molar-refractivity contribution is 7.98. The molecule has 2 amide bonds. The van der Waals surface area contributed by atoms with Gasteiger partial charge in [-0.25, -0.2) is 9.78 Å². The van der Waals surface area contributed by atoms with Crippen molar-refractivity contribution >= 4 is 23.6 Å². The third-order valence-corrected chi connectivity index (χ3v) is 3.53. The van der Waals surface area contributed by atoms with E-state index in [9.17, 15) is 4.79 Å². The quantitative estimate of drug-likeness (QED) is 0.876. The molecule has 0 aliphatic carbocycles. The fraction of sp³-hybridized carbons (Fsp3) is 0.200. The minimum Gasteiger partial charge on any atom is -0.323 e. The van der Waals surface area contributed by atoms with E-state index in [-0.39, 0.29) is 6.03 Å². The predicted molar refractivity (Wildman–Crippen MR) is 82.9 cm³/mol. The van der Waals surface area contributed by atoms with Gasteiger partial charge in [0.05, 0.1) is 0 Å². The number of thioether (sulfide) groups is 1. The van der Waals surface area contributed by atoms with Crippen LogP contribution in [0.1, 0.15) is 5.56 Å². The van der Waals surface area contributed by atoms with E-state index in [0.29, 0.717) is 12.4 Å². The summed E-state index contributed by atoms with van der Waals surface area (Å²) >= 11 is 1.62. The molecule has 2 aromatic rings. The largest absolute Gasteiger partial charge is 0.323 e. The van der Waals surface area contributed by atoms with E-state index in [1.807, 2.05) is 42.7 Å². The lowest BCUT2D eigenvalue weighted by Gasteiger charge is -2.17. The van der Waals surface area contributed by atoms with Gasteiger partial charge in [-0.2, -0.15) is 0 Å². The summed E-state index contributed by atoms with van der Waals surface area (Å²) in [6.45, 7) is 0.565. The summed E-state index contributed by atoms with van der Waals surface area (Å²) in [5.74, 6) is 0.563. The number of nitrogens with zero attached hydrogens (tertiary/aromatic N) is 2. The van der Waals surface area contributed by atoms with Crippen LogP contribution in [0.5, 0.6) is 0 Å². The molecule has 1 heterocycles. The van der Waals surface area contributed by atoms with Crippen molar-refractivity contribution in [3.63, 3.8) is 0 Å². The molecule has 0 saturated carbocycles. The van der Waals surface area contributed by atoms with Crippen LogP contribution in [0.3, 0.4) is 0 Å². The van der Waals surface area contributed by atoms with Crippen molar-refractivity contribution in [1.29, 1.82) is 0 Å². The summed E-state index contributed by atoms with van der Waals surface area (Å²) in [7, 11) is 1.76. The Morgan fingerprint density at radius 3 is 2.60 bits per heavy atom. The van der Waals surface area contributed by atoms with E-state index in [0.717, 1.165) is 10.5 Å². The predicted octanol–water partition coefficient (Wildman–Crippen LogP) is 3.47. The minimum absolute atomic E-state index is 0.168. The van der Waals surface area contributed by atoms with Crippen molar-refractivity contribution < 1.29 is 4.79 Å². The highest BCUT2D eigenvalue weighted by Crippen LogP contribution is 2.15. The van der Waals surface area contributed by atoms with Crippen LogP contribution in [-0.4, -0.2) is 29.2 Å². The Labute approximate surface area is 123 Å². The van der Waals surface area contributed by atoms with E-state index in [1.54, 1.807) is 36.0 Å². The average molecular weight is 287 g/mol. The van der Waals surface area contributed by atoms with Gasteiger partial charge in [-0.1, -0.05) is 30.3 Å². The molecule has 0 fully saturated rings. The van der Waals surface area contributed by atoms with E-state index < -0.39 is 0 Å². The maximum absolute atomic E-state index is 12.0. The van der Waals surface area contributed by atoms with Crippen LogP contribution in [-0.2, 0) is 6.54 Å². The van der Waals surface area contributed by atoms with Crippen LogP contribution in [0.25, 0.3) is 0 Å². The summed E-state index contributed by atoms with van der Waals surface area (Å²) in [6, 6.07) is 13.4. The molecule has 0 atom stereocenters. The number of nitrogens with one attached hydrogen (secondary N) is 1. The van der Waals surface area contributed by atoms with Gasteiger partial charge in [-0.05, 0) is 24.0 Å². The van der Waals surface area contributed by atoms with Gasteiger partial charge in [0.15, 0.2) is 0 Å². The molecule has 0 radical (unpaired) electrons. The van der Waals surface area contributed by atoms with Crippen LogP contribution >= 0.6 is 11.8 Å². The van der Waals surface area contributed by atoms with E-state index in [4.69, 9.17) is 0 Å². The van der Waals surface area contributed by atoms with Crippen LogP contribution in [0, 0.1) is 0 Å². The summed E-state index contributed by atoms with van der Waals surface area (Å²) < 4.78 is 0. The number of pyridine rings is 1. The smallest absolute Gasteiger partial charge is 0.323 e. The maximum atomic E-state index is 12.0. The van der Waals surface area contributed by atoms with E-state index >= 15 is 0 Å². The topological polar surface area (TPSA) is 45.2 Å². The number of rotatable bonds is 4. The van der Waals surface area contributed by atoms with Crippen molar-refractivity contribution in [1.82, 2.24) is 9.88 Å². The summed E-state index contributed by atoms with van der Waals surface area (Å²) in [5.41, 5.74) is 1.09.